The summed E-state index contributed by atoms with van der Waals surface area (Å²) in [7, 11) is 0. The van der Waals surface area contributed by atoms with Crippen molar-refractivity contribution in [3.05, 3.63) is 52.0 Å². The quantitative estimate of drug-likeness (QED) is 0.582. The molecule has 0 N–H and O–H groups in total. The number of thiazole rings is 1. The Kier molecular flexibility index (Phi) is 7.24. The smallest absolute Gasteiger partial charge is 0.312 e. The fourth-order valence-electron chi connectivity index (χ4n) is 3.86. The molecule has 0 unspecified atom stereocenters. The van der Waals surface area contributed by atoms with Crippen LogP contribution in [0, 0.1) is 5.41 Å². The average molecular weight is 401 g/mol. The molecule has 0 bridgehead atoms. The lowest BCUT2D eigenvalue weighted by Gasteiger charge is -2.39. The molecule has 2 aromatic rings. The first-order chi connectivity index (χ1) is 13.5. The van der Waals surface area contributed by atoms with Crippen LogP contribution in [0.15, 0.2) is 35.7 Å². The minimum Gasteiger partial charge on any atom is -0.466 e. The van der Waals surface area contributed by atoms with Crippen molar-refractivity contribution < 1.29 is 9.53 Å². The highest BCUT2D eigenvalue weighted by atomic mass is 32.1. The summed E-state index contributed by atoms with van der Waals surface area (Å²) in [5.74, 6) is 0.461. The van der Waals surface area contributed by atoms with E-state index in [1.807, 2.05) is 13.0 Å². The van der Waals surface area contributed by atoms with E-state index in [-0.39, 0.29) is 11.4 Å². The van der Waals surface area contributed by atoms with Gasteiger partial charge < -0.3 is 4.74 Å². The number of ether oxygens (including phenoxy) is 1. The average Bonchev–Trinajstić information content (AvgIpc) is 3.17. The molecule has 5 heteroatoms. The van der Waals surface area contributed by atoms with E-state index >= 15 is 0 Å². The van der Waals surface area contributed by atoms with Crippen LogP contribution in [0.2, 0.25) is 0 Å². The number of benzene rings is 1. The molecule has 1 aromatic carbocycles. The van der Waals surface area contributed by atoms with Crippen LogP contribution in [0.4, 0.5) is 0 Å². The van der Waals surface area contributed by atoms with Crippen molar-refractivity contribution in [3.63, 3.8) is 0 Å². The van der Waals surface area contributed by atoms with Gasteiger partial charge in [-0.15, -0.1) is 11.3 Å². The molecule has 0 aliphatic carbocycles. The Morgan fingerprint density at radius 2 is 1.96 bits per heavy atom. The zero-order valence-corrected chi connectivity index (χ0v) is 18.1. The number of piperidine rings is 1. The van der Waals surface area contributed by atoms with Gasteiger partial charge in [-0.25, -0.2) is 4.98 Å². The van der Waals surface area contributed by atoms with Crippen LogP contribution in [0.25, 0.3) is 0 Å². The second-order valence-electron chi connectivity index (χ2n) is 8.08. The van der Waals surface area contributed by atoms with Crippen molar-refractivity contribution in [3.8, 4) is 0 Å². The molecule has 0 radical (unpaired) electrons. The van der Waals surface area contributed by atoms with E-state index in [1.165, 1.54) is 16.3 Å². The summed E-state index contributed by atoms with van der Waals surface area (Å²) < 4.78 is 5.49. The summed E-state index contributed by atoms with van der Waals surface area (Å²) in [6.07, 6.45) is 3.50. The Hall–Kier alpha value is -1.72. The number of aromatic nitrogens is 1. The number of likely N-dealkylation sites (tertiary alicyclic amines) is 1. The molecule has 1 aliphatic rings. The number of rotatable bonds is 8. The summed E-state index contributed by atoms with van der Waals surface area (Å²) in [6, 6.07) is 10.4. The third-order valence-corrected chi connectivity index (χ3v) is 6.63. The van der Waals surface area contributed by atoms with Crippen molar-refractivity contribution in [2.75, 3.05) is 19.7 Å². The molecular weight excluding hydrogens is 368 g/mol. The Morgan fingerprint density at radius 3 is 2.57 bits per heavy atom. The largest absolute Gasteiger partial charge is 0.466 e. The third kappa shape index (κ3) is 5.21. The van der Waals surface area contributed by atoms with Crippen LogP contribution in [0.5, 0.6) is 0 Å². The Balaban J connectivity index is 1.61. The fraction of sp³-hybridized carbons (Fsp3) is 0.565. The number of carbonyl (C=O) groups excluding carboxylic acids is 1. The predicted octanol–water partition coefficient (Wildman–Crippen LogP) is 5.04. The molecule has 0 saturated carbocycles. The van der Waals surface area contributed by atoms with Crippen molar-refractivity contribution in [2.24, 2.45) is 5.41 Å². The first-order valence-corrected chi connectivity index (χ1v) is 11.3. The highest BCUT2D eigenvalue weighted by Gasteiger charge is 2.42. The summed E-state index contributed by atoms with van der Waals surface area (Å²) >= 11 is 1.75. The summed E-state index contributed by atoms with van der Waals surface area (Å²) in [5.41, 5.74) is 2.12. The van der Waals surface area contributed by atoms with Gasteiger partial charge in [-0.2, -0.15) is 0 Å². The maximum atomic E-state index is 12.8. The van der Waals surface area contributed by atoms with Crippen LogP contribution in [-0.4, -0.2) is 35.5 Å². The molecule has 0 atom stereocenters. The van der Waals surface area contributed by atoms with Gasteiger partial charge in [-0.1, -0.05) is 44.2 Å². The van der Waals surface area contributed by atoms with Gasteiger partial charge >= 0.3 is 5.97 Å². The Labute approximate surface area is 172 Å². The Morgan fingerprint density at radius 1 is 1.25 bits per heavy atom. The van der Waals surface area contributed by atoms with E-state index in [4.69, 9.17) is 9.72 Å². The summed E-state index contributed by atoms with van der Waals surface area (Å²) in [6.45, 7) is 9.43. The zero-order chi connectivity index (χ0) is 20.0. The molecule has 1 fully saturated rings. The van der Waals surface area contributed by atoms with Crippen LogP contribution < -0.4 is 0 Å². The van der Waals surface area contributed by atoms with Gasteiger partial charge in [-0.05, 0) is 57.2 Å². The maximum Gasteiger partial charge on any atom is 0.312 e. The highest BCUT2D eigenvalue weighted by Crippen LogP contribution is 2.38. The van der Waals surface area contributed by atoms with Crippen LogP contribution in [0.3, 0.4) is 0 Å². The lowest BCUT2D eigenvalue weighted by molar-refractivity contribution is -0.159. The summed E-state index contributed by atoms with van der Waals surface area (Å²) in [5, 5.41) is 3.35. The van der Waals surface area contributed by atoms with Crippen molar-refractivity contribution in [1.82, 2.24) is 9.88 Å². The topological polar surface area (TPSA) is 42.4 Å². The van der Waals surface area contributed by atoms with Crippen LogP contribution in [-0.2, 0) is 22.5 Å². The Bertz CT molecular complexity index is 749. The number of nitrogens with zero attached hydrogens (tertiary/aromatic N) is 2. The number of carbonyl (C=O) groups is 1. The van der Waals surface area contributed by atoms with Gasteiger partial charge in [0.15, 0.2) is 0 Å². The second kappa shape index (κ2) is 9.66. The van der Waals surface area contributed by atoms with Crippen molar-refractivity contribution in [2.45, 2.75) is 58.9 Å². The molecule has 0 amide bonds. The van der Waals surface area contributed by atoms with Gasteiger partial charge in [0, 0.05) is 5.38 Å². The van der Waals surface area contributed by atoms with E-state index in [9.17, 15) is 4.79 Å². The maximum absolute atomic E-state index is 12.8. The van der Waals surface area contributed by atoms with Gasteiger partial charge in [0.05, 0.1) is 24.3 Å². The number of hydrogen-bond donors (Lipinski definition) is 0. The minimum atomic E-state index is -0.353. The first-order valence-electron chi connectivity index (χ1n) is 10.4. The molecule has 4 nitrogen and oxygen atoms in total. The van der Waals surface area contributed by atoms with E-state index in [2.05, 4.69) is 48.4 Å². The first kappa shape index (κ1) is 21.0. The molecule has 3 rings (SSSR count). The van der Waals surface area contributed by atoms with Crippen molar-refractivity contribution >= 4 is 17.3 Å². The lowest BCUT2D eigenvalue weighted by atomic mass is 9.74. The number of hydrogen-bond acceptors (Lipinski definition) is 5. The van der Waals surface area contributed by atoms with Gasteiger partial charge in [-0.3, -0.25) is 9.69 Å². The van der Waals surface area contributed by atoms with Gasteiger partial charge in [0.2, 0.25) is 0 Å². The van der Waals surface area contributed by atoms with Crippen LogP contribution in [0.1, 0.15) is 62.2 Å². The molecule has 2 heterocycles. The monoisotopic (exact) mass is 400 g/mol. The second-order valence-corrected chi connectivity index (χ2v) is 9.03. The minimum absolute atomic E-state index is 0.0121. The SMILES string of the molecule is CCOC(=O)C1(CCc2ccccc2)CCN(Cc2nc(C(C)C)cs2)CC1. The van der Waals surface area contributed by atoms with Crippen LogP contribution >= 0.6 is 11.3 Å². The van der Waals surface area contributed by atoms with E-state index < -0.39 is 0 Å². The molecule has 28 heavy (non-hydrogen) atoms. The predicted molar refractivity (Wildman–Crippen MR) is 115 cm³/mol. The normalized spacial score (nSPS) is 17.0. The van der Waals surface area contributed by atoms with Crippen molar-refractivity contribution in [1.29, 1.82) is 0 Å². The molecule has 1 aliphatic heterocycles. The number of esters is 1. The standard InChI is InChI=1S/C23H32N2O2S/c1-4-27-22(26)23(11-10-19-8-6-5-7-9-19)12-14-25(15-13-23)16-21-24-20(17-28-21)18(2)3/h5-9,17-18H,4,10-16H2,1-3H3. The number of aryl methyl sites for hydroxylation is 1. The third-order valence-electron chi connectivity index (χ3n) is 5.78. The summed E-state index contributed by atoms with van der Waals surface area (Å²) in [4.78, 5) is 20.0. The highest BCUT2D eigenvalue weighted by molar-refractivity contribution is 7.09. The van der Waals surface area contributed by atoms with Gasteiger partial charge in [0.25, 0.3) is 0 Å². The van der Waals surface area contributed by atoms with E-state index in [1.54, 1.807) is 11.3 Å². The van der Waals surface area contributed by atoms with Gasteiger partial charge in [0.1, 0.15) is 5.01 Å². The molecule has 1 aromatic heterocycles. The van der Waals surface area contributed by atoms with E-state index in [0.717, 1.165) is 45.3 Å². The molecule has 1 saturated heterocycles. The molecular formula is C23H32N2O2S. The lowest BCUT2D eigenvalue weighted by Crippen LogP contribution is -2.45. The van der Waals surface area contributed by atoms with E-state index in [0.29, 0.717) is 12.5 Å². The fourth-order valence-corrected chi connectivity index (χ4v) is 4.86. The zero-order valence-electron chi connectivity index (χ0n) is 17.3. The molecule has 152 valence electrons. The molecule has 0 spiro atoms.